The molecule has 18 heavy (non-hydrogen) atoms. The highest BCUT2D eigenvalue weighted by Crippen LogP contribution is 2.34. The van der Waals surface area contributed by atoms with E-state index in [1.807, 2.05) is 21.7 Å². The standard InChI is InChI=1S/C13H20N2O2S/c1-2-13(10-16)4-6-15(7-5-13)12(17)14-11-3-8-18-9-11/h3,8-9,16H,2,4-7,10H2,1H3,(H,14,17). The van der Waals surface area contributed by atoms with Crippen molar-refractivity contribution in [2.75, 3.05) is 25.0 Å². The first-order valence-corrected chi connectivity index (χ1v) is 7.32. The van der Waals surface area contributed by atoms with E-state index in [0.717, 1.165) is 38.0 Å². The van der Waals surface area contributed by atoms with Crippen LogP contribution < -0.4 is 5.32 Å². The highest BCUT2D eigenvalue weighted by atomic mass is 32.1. The Labute approximate surface area is 112 Å². The van der Waals surface area contributed by atoms with Crippen LogP contribution in [0, 0.1) is 5.41 Å². The van der Waals surface area contributed by atoms with Crippen LogP contribution in [-0.4, -0.2) is 35.7 Å². The molecule has 1 aromatic rings. The summed E-state index contributed by atoms with van der Waals surface area (Å²) in [4.78, 5) is 13.8. The van der Waals surface area contributed by atoms with Crippen LogP contribution in [-0.2, 0) is 0 Å². The van der Waals surface area contributed by atoms with Gasteiger partial charge >= 0.3 is 6.03 Å². The molecule has 0 radical (unpaired) electrons. The summed E-state index contributed by atoms with van der Waals surface area (Å²) in [5, 5.41) is 16.2. The van der Waals surface area contributed by atoms with Gasteiger partial charge < -0.3 is 15.3 Å². The molecule has 5 heteroatoms. The molecule has 2 amide bonds. The lowest BCUT2D eigenvalue weighted by atomic mass is 9.77. The average Bonchev–Trinajstić information content (AvgIpc) is 2.91. The summed E-state index contributed by atoms with van der Waals surface area (Å²) in [5.74, 6) is 0. The molecule has 1 aromatic heterocycles. The first-order chi connectivity index (χ1) is 8.69. The first kappa shape index (κ1) is 13.4. The summed E-state index contributed by atoms with van der Waals surface area (Å²) in [6.45, 7) is 3.79. The van der Waals surface area contributed by atoms with Crippen molar-refractivity contribution in [1.29, 1.82) is 0 Å². The van der Waals surface area contributed by atoms with Crippen LogP contribution in [0.4, 0.5) is 10.5 Å². The maximum atomic E-state index is 12.0. The Bertz CT molecular complexity index is 378. The second-order valence-corrected chi connectivity index (χ2v) is 5.72. The molecule has 1 aliphatic heterocycles. The van der Waals surface area contributed by atoms with Crippen molar-refractivity contribution in [1.82, 2.24) is 4.90 Å². The number of nitrogens with one attached hydrogen (secondary N) is 1. The second-order valence-electron chi connectivity index (χ2n) is 4.94. The fourth-order valence-corrected chi connectivity index (χ4v) is 2.93. The molecule has 0 aliphatic carbocycles. The predicted molar refractivity (Wildman–Crippen MR) is 74.0 cm³/mol. The third-order valence-electron chi connectivity index (χ3n) is 3.97. The summed E-state index contributed by atoms with van der Waals surface area (Å²) in [6.07, 6.45) is 2.75. The monoisotopic (exact) mass is 268 g/mol. The van der Waals surface area contributed by atoms with Gasteiger partial charge in [0.2, 0.25) is 0 Å². The Morgan fingerprint density at radius 3 is 2.78 bits per heavy atom. The molecule has 0 spiro atoms. The Morgan fingerprint density at radius 2 is 2.28 bits per heavy atom. The van der Waals surface area contributed by atoms with Gasteiger partial charge in [-0.05, 0) is 36.1 Å². The van der Waals surface area contributed by atoms with Crippen molar-refractivity contribution in [3.63, 3.8) is 0 Å². The van der Waals surface area contributed by atoms with E-state index in [0.29, 0.717) is 0 Å². The van der Waals surface area contributed by atoms with E-state index in [9.17, 15) is 9.90 Å². The van der Waals surface area contributed by atoms with Crippen molar-refractivity contribution in [2.24, 2.45) is 5.41 Å². The number of urea groups is 1. The summed E-state index contributed by atoms with van der Waals surface area (Å²) < 4.78 is 0. The summed E-state index contributed by atoms with van der Waals surface area (Å²) in [6, 6.07) is 1.87. The summed E-state index contributed by atoms with van der Waals surface area (Å²) >= 11 is 1.57. The number of likely N-dealkylation sites (tertiary alicyclic amines) is 1. The van der Waals surface area contributed by atoms with Gasteiger partial charge in [0.05, 0.1) is 5.69 Å². The highest BCUT2D eigenvalue weighted by Gasteiger charge is 2.33. The minimum atomic E-state index is -0.0314. The quantitative estimate of drug-likeness (QED) is 0.885. The average molecular weight is 268 g/mol. The van der Waals surface area contributed by atoms with E-state index in [1.165, 1.54) is 0 Å². The number of piperidine rings is 1. The Balaban J connectivity index is 1.87. The molecule has 0 aromatic carbocycles. The SMILES string of the molecule is CCC1(CO)CCN(C(=O)Nc2ccsc2)CC1. The number of rotatable bonds is 3. The molecule has 0 bridgehead atoms. The lowest BCUT2D eigenvalue weighted by Crippen LogP contribution is -2.46. The van der Waals surface area contributed by atoms with Crippen molar-refractivity contribution >= 4 is 23.1 Å². The largest absolute Gasteiger partial charge is 0.396 e. The van der Waals surface area contributed by atoms with Crippen LogP contribution in [0.1, 0.15) is 26.2 Å². The molecule has 100 valence electrons. The lowest BCUT2D eigenvalue weighted by molar-refractivity contribution is 0.0542. The van der Waals surface area contributed by atoms with E-state index in [4.69, 9.17) is 0 Å². The van der Waals surface area contributed by atoms with E-state index in [-0.39, 0.29) is 18.1 Å². The number of nitrogens with zero attached hydrogens (tertiary/aromatic N) is 1. The van der Waals surface area contributed by atoms with Crippen molar-refractivity contribution in [2.45, 2.75) is 26.2 Å². The van der Waals surface area contributed by atoms with Crippen molar-refractivity contribution in [3.05, 3.63) is 16.8 Å². The number of aliphatic hydroxyl groups excluding tert-OH is 1. The topological polar surface area (TPSA) is 52.6 Å². The number of anilines is 1. The summed E-state index contributed by atoms with van der Waals surface area (Å²) in [7, 11) is 0. The van der Waals surface area contributed by atoms with Crippen molar-refractivity contribution < 1.29 is 9.90 Å². The van der Waals surface area contributed by atoms with Gasteiger partial charge in [-0.15, -0.1) is 0 Å². The zero-order chi connectivity index (χ0) is 13.0. The fourth-order valence-electron chi connectivity index (χ4n) is 2.35. The molecule has 1 saturated heterocycles. The molecule has 0 unspecified atom stereocenters. The molecule has 2 N–H and O–H groups in total. The van der Waals surface area contributed by atoms with Gasteiger partial charge in [-0.25, -0.2) is 4.79 Å². The smallest absolute Gasteiger partial charge is 0.321 e. The van der Waals surface area contributed by atoms with Gasteiger partial charge in [0.25, 0.3) is 0 Å². The molecular weight excluding hydrogens is 248 g/mol. The molecule has 0 atom stereocenters. The van der Waals surface area contributed by atoms with E-state index in [1.54, 1.807) is 11.3 Å². The predicted octanol–water partition coefficient (Wildman–Crippen LogP) is 2.76. The minimum absolute atomic E-state index is 0.0269. The third kappa shape index (κ3) is 2.84. The second kappa shape index (κ2) is 5.71. The van der Waals surface area contributed by atoms with Crippen molar-refractivity contribution in [3.8, 4) is 0 Å². The molecule has 4 nitrogen and oxygen atoms in total. The maximum Gasteiger partial charge on any atom is 0.321 e. The van der Waals surface area contributed by atoms with Gasteiger partial charge in [-0.1, -0.05) is 6.92 Å². The first-order valence-electron chi connectivity index (χ1n) is 6.38. The van der Waals surface area contributed by atoms with Crippen LogP contribution in [0.5, 0.6) is 0 Å². The number of hydrogen-bond acceptors (Lipinski definition) is 3. The van der Waals surface area contributed by atoms with Crippen LogP contribution in [0.2, 0.25) is 0 Å². The molecule has 1 fully saturated rings. The number of hydrogen-bond donors (Lipinski definition) is 2. The number of thiophene rings is 1. The van der Waals surface area contributed by atoms with Gasteiger partial charge in [-0.2, -0.15) is 11.3 Å². The normalized spacial score (nSPS) is 18.7. The highest BCUT2D eigenvalue weighted by molar-refractivity contribution is 7.08. The van der Waals surface area contributed by atoms with E-state index >= 15 is 0 Å². The zero-order valence-corrected chi connectivity index (χ0v) is 11.5. The molecule has 1 aliphatic rings. The molecular formula is C13H20N2O2S. The zero-order valence-electron chi connectivity index (χ0n) is 10.7. The fraction of sp³-hybridized carbons (Fsp3) is 0.615. The van der Waals surface area contributed by atoms with Crippen LogP contribution in [0.15, 0.2) is 16.8 Å². The Kier molecular flexibility index (Phi) is 4.24. The molecule has 2 rings (SSSR count). The number of carbonyl (C=O) groups excluding carboxylic acids is 1. The van der Waals surface area contributed by atoms with Crippen LogP contribution in [0.3, 0.4) is 0 Å². The maximum absolute atomic E-state index is 12.0. The Hall–Kier alpha value is -1.07. The summed E-state index contributed by atoms with van der Waals surface area (Å²) in [5.41, 5.74) is 0.888. The van der Waals surface area contributed by atoms with Crippen LogP contribution >= 0.6 is 11.3 Å². The third-order valence-corrected chi connectivity index (χ3v) is 4.65. The number of carbonyl (C=O) groups is 1. The van der Waals surface area contributed by atoms with Gasteiger partial charge in [0, 0.05) is 25.1 Å². The number of amides is 2. The van der Waals surface area contributed by atoms with Crippen LogP contribution in [0.25, 0.3) is 0 Å². The molecule has 0 saturated carbocycles. The van der Waals surface area contributed by atoms with Gasteiger partial charge in [0.15, 0.2) is 0 Å². The Morgan fingerprint density at radius 1 is 1.56 bits per heavy atom. The van der Waals surface area contributed by atoms with Gasteiger partial charge in [-0.3, -0.25) is 0 Å². The van der Waals surface area contributed by atoms with E-state index in [2.05, 4.69) is 12.2 Å². The minimum Gasteiger partial charge on any atom is -0.396 e. The lowest BCUT2D eigenvalue weighted by Gasteiger charge is -2.40. The molecule has 2 heterocycles. The number of aliphatic hydroxyl groups is 1. The van der Waals surface area contributed by atoms with E-state index < -0.39 is 0 Å². The van der Waals surface area contributed by atoms with Gasteiger partial charge in [0.1, 0.15) is 0 Å².